The van der Waals surface area contributed by atoms with Crippen LogP contribution in [0.1, 0.15) is 20.8 Å². The predicted octanol–water partition coefficient (Wildman–Crippen LogP) is 0.897. The highest BCUT2D eigenvalue weighted by molar-refractivity contribution is 7.96. The number of hydrogen-bond acceptors (Lipinski definition) is 5. The predicted molar refractivity (Wildman–Crippen MR) is 64.8 cm³/mol. The molecule has 1 heterocycles. The second-order valence-electron chi connectivity index (χ2n) is 4.87. The monoisotopic (exact) mass is 258 g/mol. The Morgan fingerprint density at radius 1 is 1.35 bits per heavy atom. The smallest absolute Gasteiger partial charge is 0.194 e. The van der Waals surface area contributed by atoms with E-state index in [1.54, 1.807) is 26.8 Å². The standard InChI is InChI=1S/C11H18N2O3S/c1-11(2,3)17(14,15)10(8-12)9-13-4-6-16-7-5-13/h9H,4-7H2,1-3H3. The summed E-state index contributed by atoms with van der Waals surface area (Å²) in [5.41, 5.74) is 0. The van der Waals surface area contributed by atoms with Crippen molar-refractivity contribution in [3.05, 3.63) is 11.1 Å². The maximum absolute atomic E-state index is 12.1. The minimum atomic E-state index is -3.57. The summed E-state index contributed by atoms with van der Waals surface area (Å²) in [6.07, 6.45) is 1.43. The van der Waals surface area contributed by atoms with Crippen LogP contribution in [0.25, 0.3) is 0 Å². The van der Waals surface area contributed by atoms with Crippen LogP contribution >= 0.6 is 0 Å². The van der Waals surface area contributed by atoms with Gasteiger partial charge in [0, 0.05) is 19.3 Å². The first-order chi connectivity index (χ1) is 7.79. The number of allylic oxidation sites excluding steroid dienone is 1. The molecule has 5 nitrogen and oxygen atoms in total. The van der Waals surface area contributed by atoms with E-state index in [9.17, 15) is 8.42 Å². The summed E-state index contributed by atoms with van der Waals surface area (Å²) < 4.78 is 28.4. The third kappa shape index (κ3) is 3.20. The van der Waals surface area contributed by atoms with Gasteiger partial charge >= 0.3 is 0 Å². The van der Waals surface area contributed by atoms with Gasteiger partial charge in [-0.25, -0.2) is 8.42 Å². The Morgan fingerprint density at radius 2 is 1.88 bits per heavy atom. The summed E-state index contributed by atoms with van der Waals surface area (Å²) in [7, 11) is -3.57. The van der Waals surface area contributed by atoms with Crippen molar-refractivity contribution in [1.29, 1.82) is 5.26 Å². The molecule has 0 atom stereocenters. The van der Waals surface area contributed by atoms with Gasteiger partial charge in [0.05, 0.1) is 18.0 Å². The van der Waals surface area contributed by atoms with Gasteiger partial charge in [0.25, 0.3) is 0 Å². The zero-order valence-electron chi connectivity index (χ0n) is 10.4. The molecule has 1 saturated heterocycles. The van der Waals surface area contributed by atoms with Crippen molar-refractivity contribution in [3.8, 4) is 6.07 Å². The zero-order valence-corrected chi connectivity index (χ0v) is 11.2. The van der Waals surface area contributed by atoms with Gasteiger partial charge in [0.15, 0.2) is 14.7 Å². The van der Waals surface area contributed by atoms with Crippen LogP contribution in [0.5, 0.6) is 0 Å². The zero-order chi connectivity index (χ0) is 13.1. The molecule has 0 aliphatic carbocycles. The lowest BCUT2D eigenvalue weighted by Gasteiger charge is -2.26. The van der Waals surface area contributed by atoms with Crippen molar-refractivity contribution in [2.24, 2.45) is 0 Å². The molecule has 0 spiro atoms. The average molecular weight is 258 g/mol. The van der Waals surface area contributed by atoms with E-state index in [1.165, 1.54) is 6.20 Å². The second-order valence-corrected chi connectivity index (χ2v) is 7.54. The largest absolute Gasteiger partial charge is 0.378 e. The van der Waals surface area contributed by atoms with Gasteiger partial charge in [-0.2, -0.15) is 5.26 Å². The van der Waals surface area contributed by atoms with Crippen LogP contribution in [-0.2, 0) is 14.6 Å². The summed E-state index contributed by atoms with van der Waals surface area (Å²) >= 11 is 0. The number of nitrogens with zero attached hydrogens (tertiary/aromatic N) is 2. The highest BCUT2D eigenvalue weighted by Crippen LogP contribution is 2.23. The molecule has 6 heteroatoms. The Kier molecular flexibility index (Phi) is 4.17. The van der Waals surface area contributed by atoms with Gasteiger partial charge in [0.1, 0.15) is 6.07 Å². The maximum atomic E-state index is 12.1. The molecule has 0 unspecified atom stereocenters. The van der Waals surface area contributed by atoms with Crippen molar-refractivity contribution >= 4 is 9.84 Å². The molecule has 1 rings (SSSR count). The number of rotatable bonds is 2. The summed E-state index contributed by atoms with van der Waals surface area (Å²) in [4.78, 5) is 1.64. The quantitative estimate of drug-likeness (QED) is 0.688. The van der Waals surface area contributed by atoms with Gasteiger partial charge in [-0.1, -0.05) is 0 Å². The number of ether oxygens (including phenoxy) is 1. The lowest BCUT2D eigenvalue weighted by molar-refractivity contribution is 0.0593. The maximum Gasteiger partial charge on any atom is 0.194 e. The van der Waals surface area contributed by atoms with Gasteiger partial charge in [-0.05, 0) is 20.8 Å². The molecule has 1 aliphatic heterocycles. The van der Waals surface area contributed by atoms with Crippen LogP contribution in [0.2, 0.25) is 0 Å². The van der Waals surface area contributed by atoms with Crippen molar-refractivity contribution < 1.29 is 13.2 Å². The summed E-state index contributed by atoms with van der Waals surface area (Å²) in [6, 6.07) is 1.79. The first-order valence-electron chi connectivity index (χ1n) is 5.47. The fraction of sp³-hybridized carbons (Fsp3) is 0.727. The molecule has 96 valence electrons. The van der Waals surface area contributed by atoms with E-state index in [-0.39, 0.29) is 4.91 Å². The lowest BCUT2D eigenvalue weighted by atomic mass is 10.3. The normalized spacial score (nSPS) is 18.9. The molecule has 1 fully saturated rings. The van der Waals surface area contributed by atoms with E-state index >= 15 is 0 Å². The first kappa shape index (κ1) is 14.0. The highest BCUT2D eigenvalue weighted by Gasteiger charge is 2.33. The third-order valence-corrected chi connectivity index (χ3v) is 4.94. The fourth-order valence-electron chi connectivity index (χ4n) is 1.36. The number of nitriles is 1. The van der Waals surface area contributed by atoms with E-state index in [0.717, 1.165) is 0 Å². The van der Waals surface area contributed by atoms with Crippen LogP contribution in [0.15, 0.2) is 11.1 Å². The Bertz CT molecular complexity index is 434. The number of sulfone groups is 1. The highest BCUT2D eigenvalue weighted by atomic mass is 32.2. The Morgan fingerprint density at radius 3 is 2.29 bits per heavy atom. The van der Waals surface area contributed by atoms with Crippen LogP contribution in [0.3, 0.4) is 0 Å². The lowest BCUT2D eigenvalue weighted by Crippen LogP contribution is -2.34. The average Bonchev–Trinajstić information content (AvgIpc) is 2.25. The van der Waals surface area contributed by atoms with Gasteiger partial charge in [-0.15, -0.1) is 0 Å². The van der Waals surface area contributed by atoms with Crippen molar-refractivity contribution in [1.82, 2.24) is 4.90 Å². The van der Waals surface area contributed by atoms with E-state index in [2.05, 4.69) is 0 Å². The van der Waals surface area contributed by atoms with Crippen molar-refractivity contribution in [2.45, 2.75) is 25.5 Å². The molecule has 0 amide bonds. The summed E-state index contributed by atoms with van der Waals surface area (Å²) in [5.74, 6) is 0. The molecule has 0 bridgehead atoms. The molecule has 0 N–H and O–H groups in total. The molecule has 0 aromatic heterocycles. The second kappa shape index (κ2) is 5.07. The molecule has 0 radical (unpaired) electrons. The molecule has 0 saturated carbocycles. The molecular formula is C11H18N2O3S. The summed E-state index contributed by atoms with van der Waals surface area (Å²) in [5, 5.41) is 9.00. The van der Waals surface area contributed by atoms with E-state index in [4.69, 9.17) is 10.00 Å². The minimum absolute atomic E-state index is 0.174. The van der Waals surface area contributed by atoms with E-state index < -0.39 is 14.6 Å². The first-order valence-corrected chi connectivity index (χ1v) is 6.96. The van der Waals surface area contributed by atoms with Crippen LogP contribution in [-0.4, -0.2) is 44.4 Å². The van der Waals surface area contributed by atoms with E-state index in [0.29, 0.717) is 26.3 Å². The minimum Gasteiger partial charge on any atom is -0.378 e. The Balaban J connectivity index is 3.00. The Labute approximate surface area is 103 Å². The van der Waals surface area contributed by atoms with Crippen LogP contribution in [0.4, 0.5) is 0 Å². The third-order valence-electron chi connectivity index (χ3n) is 2.55. The van der Waals surface area contributed by atoms with Crippen LogP contribution in [0, 0.1) is 11.3 Å². The van der Waals surface area contributed by atoms with Gasteiger partial charge in [-0.3, -0.25) is 0 Å². The molecular weight excluding hydrogens is 240 g/mol. The van der Waals surface area contributed by atoms with Gasteiger partial charge in [0.2, 0.25) is 0 Å². The number of hydrogen-bond donors (Lipinski definition) is 0. The SMILES string of the molecule is CC(C)(C)S(=O)(=O)C(C#N)=CN1CCOCC1. The molecule has 17 heavy (non-hydrogen) atoms. The summed E-state index contributed by atoms with van der Waals surface area (Å²) in [6.45, 7) is 7.12. The Hall–Kier alpha value is -1.06. The molecule has 1 aliphatic rings. The fourth-order valence-corrected chi connectivity index (χ4v) is 2.43. The van der Waals surface area contributed by atoms with Crippen molar-refractivity contribution in [2.75, 3.05) is 26.3 Å². The van der Waals surface area contributed by atoms with Crippen molar-refractivity contribution in [3.63, 3.8) is 0 Å². The van der Waals surface area contributed by atoms with Gasteiger partial charge < -0.3 is 9.64 Å². The number of morpholine rings is 1. The topological polar surface area (TPSA) is 70.4 Å². The molecule has 0 aromatic rings. The van der Waals surface area contributed by atoms with Crippen LogP contribution < -0.4 is 0 Å². The van der Waals surface area contributed by atoms with E-state index in [1.807, 2.05) is 4.90 Å². The molecule has 0 aromatic carbocycles.